The van der Waals surface area contributed by atoms with Crippen LogP contribution in [0.2, 0.25) is 0 Å². The zero-order valence-electron chi connectivity index (χ0n) is 8.19. The third-order valence-corrected chi connectivity index (χ3v) is 1.40. The number of hydrogen-bond acceptors (Lipinski definition) is 5. The Hall–Kier alpha value is -1.65. The van der Waals surface area contributed by atoms with Crippen molar-refractivity contribution in [3.63, 3.8) is 0 Å². The van der Waals surface area contributed by atoms with Crippen LogP contribution >= 0.6 is 0 Å². The van der Waals surface area contributed by atoms with E-state index >= 15 is 0 Å². The van der Waals surface area contributed by atoms with Crippen LogP contribution in [0.3, 0.4) is 0 Å². The summed E-state index contributed by atoms with van der Waals surface area (Å²) in [6, 6.07) is 0. The quantitative estimate of drug-likeness (QED) is 0.673. The van der Waals surface area contributed by atoms with Gasteiger partial charge in [0.15, 0.2) is 5.75 Å². The molecule has 0 saturated heterocycles. The first-order chi connectivity index (χ1) is 6.77. The Labute approximate surface area is 82.1 Å². The fourth-order valence-corrected chi connectivity index (χ4v) is 0.858. The first-order valence-electron chi connectivity index (χ1n) is 4.39. The van der Waals surface area contributed by atoms with Gasteiger partial charge in [-0.15, -0.1) is 0 Å². The van der Waals surface area contributed by atoms with Crippen molar-refractivity contribution < 1.29 is 14.3 Å². The van der Waals surface area contributed by atoms with Crippen LogP contribution in [-0.2, 0) is 4.74 Å². The first-order valence-corrected chi connectivity index (χ1v) is 4.39. The number of aromatic nitrogens is 2. The molecule has 0 spiro atoms. The predicted molar refractivity (Wildman–Crippen MR) is 49.2 cm³/mol. The van der Waals surface area contributed by atoms with E-state index in [0.29, 0.717) is 19.0 Å². The molecule has 0 aliphatic rings. The Morgan fingerprint density at radius 3 is 2.43 bits per heavy atom. The number of hydrogen-bond donors (Lipinski definition) is 0. The van der Waals surface area contributed by atoms with Crippen LogP contribution in [0.25, 0.3) is 0 Å². The first kappa shape index (κ1) is 10.4. The summed E-state index contributed by atoms with van der Waals surface area (Å²) >= 11 is 0. The van der Waals surface area contributed by atoms with E-state index in [2.05, 4.69) is 9.97 Å². The van der Waals surface area contributed by atoms with Crippen molar-refractivity contribution in [1.82, 2.24) is 9.97 Å². The van der Waals surface area contributed by atoms with Gasteiger partial charge in [0, 0.05) is 0 Å². The molecule has 76 valence electrons. The van der Waals surface area contributed by atoms with Gasteiger partial charge in [-0.2, -0.15) is 0 Å². The second kappa shape index (κ2) is 5.16. The van der Waals surface area contributed by atoms with Gasteiger partial charge < -0.3 is 9.47 Å². The number of rotatable bonds is 4. The smallest absolute Gasteiger partial charge is 0.376 e. The highest BCUT2D eigenvalue weighted by atomic mass is 16.5. The van der Waals surface area contributed by atoms with Crippen molar-refractivity contribution in [2.45, 2.75) is 13.8 Å². The maximum atomic E-state index is 11.1. The van der Waals surface area contributed by atoms with Gasteiger partial charge in [0.1, 0.15) is 0 Å². The van der Waals surface area contributed by atoms with E-state index in [9.17, 15) is 4.79 Å². The molecule has 0 bridgehead atoms. The van der Waals surface area contributed by atoms with Crippen molar-refractivity contribution in [3.05, 3.63) is 18.2 Å². The summed E-state index contributed by atoms with van der Waals surface area (Å²) in [7, 11) is 0. The van der Waals surface area contributed by atoms with Crippen LogP contribution in [0.5, 0.6) is 5.75 Å². The molecule has 1 aromatic rings. The molecule has 0 atom stereocenters. The van der Waals surface area contributed by atoms with Crippen molar-refractivity contribution in [1.29, 1.82) is 0 Å². The monoisotopic (exact) mass is 196 g/mol. The second-order valence-electron chi connectivity index (χ2n) is 2.40. The Morgan fingerprint density at radius 1 is 1.29 bits per heavy atom. The van der Waals surface area contributed by atoms with Crippen LogP contribution in [0.15, 0.2) is 12.4 Å². The lowest BCUT2D eigenvalue weighted by Crippen LogP contribution is -2.09. The molecule has 1 heterocycles. The van der Waals surface area contributed by atoms with Crippen molar-refractivity contribution in [2.24, 2.45) is 0 Å². The Bertz CT molecular complexity index is 297. The van der Waals surface area contributed by atoms with Gasteiger partial charge in [0.2, 0.25) is 5.82 Å². The minimum Gasteiger partial charge on any atom is -0.491 e. The Balaban J connectivity index is 2.67. The molecule has 5 heteroatoms. The van der Waals surface area contributed by atoms with E-state index < -0.39 is 5.97 Å². The third-order valence-electron chi connectivity index (χ3n) is 1.40. The fraction of sp³-hybridized carbons (Fsp3) is 0.444. The highest BCUT2D eigenvalue weighted by Crippen LogP contribution is 2.06. The summed E-state index contributed by atoms with van der Waals surface area (Å²) in [6.07, 6.45) is 2.89. The van der Waals surface area contributed by atoms with Crippen LogP contribution in [0.4, 0.5) is 0 Å². The molecule has 0 amide bonds. The van der Waals surface area contributed by atoms with E-state index in [0.717, 1.165) is 0 Å². The molecular weight excluding hydrogens is 184 g/mol. The third kappa shape index (κ3) is 2.69. The molecule has 0 aliphatic heterocycles. The summed E-state index contributed by atoms with van der Waals surface area (Å²) in [5.74, 6) is 0.0754. The van der Waals surface area contributed by atoms with Gasteiger partial charge >= 0.3 is 5.97 Å². The van der Waals surface area contributed by atoms with E-state index in [-0.39, 0.29) is 5.82 Å². The van der Waals surface area contributed by atoms with Crippen LogP contribution < -0.4 is 4.74 Å². The zero-order valence-corrected chi connectivity index (χ0v) is 8.19. The predicted octanol–water partition coefficient (Wildman–Crippen LogP) is 1.05. The lowest BCUT2D eigenvalue weighted by atomic mass is 10.5. The molecule has 0 saturated carbocycles. The maximum absolute atomic E-state index is 11.1. The number of esters is 1. The molecule has 1 aromatic heterocycles. The average Bonchev–Trinajstić information content (AvgIpc) is 2.20. The fourth-order valence-electron chi connectivity index (χ4n) is 0.858. The highest BCUT2D eigenvalue weighted by molar-refractivity contribution is 5.84. The summed E-state index contributed by atoms with van der Waals surface area (Å²) < 4.78 is 9.85. The second-order valence-corrected chi connectivity index (χ2v) is 2.40. The highest BCUT2D eigenvalue weighted by Gasteiger charge is 2.09. The SMILES string of the molecule is CCOC(=O)c1ncc(OCC)cn1. The number of carbonyl (C=O) groups excluding carboxylic acids is 1. The normalized spacial score (nSPS) is 9.57. The summed E-state index contributed by atoms with van der Waals surface area (Å²) in [5.41, 5.74) is 0. The van der Waals surface area contributed by atoms with Gasteiger partial charge in [-0.25, -0.2) is 14.8 Å². The molecule has 0 aliphatic carbocycles. The van der Waals surface area contributed by atoms with Crippen molar-refractivity contribution in [2.75, 3.05) is 13.2 Å². The van der Waals surface area contributed by atoms with Gasteiger partial charge in [-0.3, -0.25) is 0 Å². The van der Waals surface area contributed by atoms with Gasteiger partial charge in [-0.05, 0) is 13.8 Å². The summed E-state index contributed by atoms with van der Waals surface area (Å²) in [4.78, 5) is 18.7. The molecule has 0 aromatic carbocycles. The average molecular weight is 196 g/mol. The van der Waals surface area contributed by atoms with E-state index in [4.69, 9.17) is 9.47 Å². The zero-order chi connectivity index (χ0) is 10.4. The molecule has 5 nitrogen and oxygen atoms in total. The number of nitrogens with zero attached hydrogens (tertiary/aromatic N) is 2. The Morgan fingerprint density at radius 2 is 1.93 bits per heavy atom. The minimum atomic E-state index is -0.518. The lowest BCUT2D eigenvalue weighted by molar-refractivity contribution is 0.0511. The van der Waals surface area contributed by atoms with Crippen LogP contribution in [0, 0.1) is 0 Å². The lowest BCUT2D eigenvalue weighted by Gasteiger charge is -2.02. The molecule has 14 heavy (non-hydrogen) atoms. The van der Waals surface area contributed by atoms with Crippen molar-refractivity contribution >= 4 is 5.97 Å². The molecule has 0 N–H and O–H groups in total. The maximum Gasteiger partial charge on any atom is 0.376 e. The standard InChI is InChI=1S/C9H12N2O3/c1-3-13-7-5-10-8(11-6-7)9(12)14-4-2/h5-6H,3-4H2,1-2H3. The largest absolute Gasteiger partial charge is 0.491 e. The molecule has 0 unspecified atom stereocenters. The molecule has 1 rings (SSSR count). The van der Waals surface area contributed by atoms with Crippen LogP contribution in [-0.4, -0.2) is 29.2 Å². The Kier molecular flexibility index (Phi) is 3.84. The number of ether oxygens (including phenoxy) is 2. The van der Waals surface area contributed by atoms with Crippen molar-refractivity contribution in [3.8, 4) is 5.75 Å². The molecule has 0 radical (unpaired) electrons. The van der Waals surface area contributed by atoms with Gasteiger partial charge in [0.05, 0.1) is 25.6 Å². The van der Waals surface area contributed by atoms with E-state index in [1.54, 1.807) is 6.92 Å². The minimum absolute atomic E-state index is 0.0512. The topological polar surface area (TPSA) is 61.3 Å². The molecular formula is C9H12N2O3. The molecule has 0 fully saturated rings. The summed E-state index contributed by atoms with van der Waals surface area (Å²) in [5, 5.41) is 0. The van der Waals surface area contributed by atoms with Gasteiger partial charge in [0.25, 0.3) is 0 Å². The van der Waals surface area contributed by atoms with E-state index in [1.165, 1.54) is 12.4 Å². The van der Waals surface area contributed by atoms with E-state index in [1.807, 2.05) is 6.92 Å². The van der Waals surface area contributed by atoms with Crippen LogP contribution in [0.1, 0.15) is 24.5 Å². The van der Waals surface area contributed by atoms with Gasteiger partial charge in [-0.1, -0.05) is 0 Å². The summed E-state index contributed by atoms with van der Waals surface area (Å²) in [6.45, 7) is 4.45. The number of carbonyl (C=O) groups is 1.